The first-order valence-electron chi connectivity index (χ1n) is 6.35. The van der Waals surface area contributed by atoms with E-state index in [1.54, 1.807) is 0 Å². The molecule has 3 nitrogen and oxygen atoms in total. The predicted molar refractivity (Wildman–Crippen MR) is 69.9 cm³/mol. The van der Waals surface area contributed by atoms with Gasteiger partial charge >= 0.3 is 0 Å². The zero-order valence-corrected chi connectivity index (χ0v) is 11.0. The number of phenols is 1. The first-order chi connectivity index (χ1) is 8.55. The molecule has 0 bridgehead atoms. The normalized spacial score (nSPS) is 11.8. The van der Waals surface area contributed by atoms with Crippen molar-refractivity contribution >= 4 is 0 Å². The third-order valence-corrected chi connectivity index (χ3v) is 3.61. The second kappa shape index (κ2) is 6.71. The maximum absolute atomic E-state index is 13.1. The van der Waals surface area contributed by atoms with Crippen LogP contribution in [0, 0.1) is 11.2 Å². The van der Waals surface area contributed by atoms with E-state index >= 15 is 0 Å². The Balaban J connectivity index is 2.55. The molecule has 1 rings (SSSR count). The van der Waals surface area contributed by atoms with Crippen LogP contribution in [0.25, 0.3) is 0 Å². The van der Waals surface area contributed by atoms with Gasteiger partial charge in [0, 0.05) is 31.2 Å². The zero-order chi connectivity index (χ0) is 13.6. The van der Waals surface area contributed by atoms with Crippen molar-refractivity contribution in [2.75, 3.05) is 13.2 Å². The van der Waals surface area contributed by atoms with Crippen molar-refractivity contribution in [1.29, 1.82) is 0 Å². The monoisotopic (exact) mass is 255 g/mol. The number of rotatable bonds is 7. The highest BCUT2D eigenvalue weighted by atomic mass is 19.1. The summed E-state index contributed by atoms with van der Waals surface area (Å²) < 4.78 is 13.1. The van der Waals surface area contributed by atoms with Crippen molar-refractivity contribution in [3.8, 4) is 5.75 Å². The fourth-order valence-corrected chi connectivity index (χ4v) is 1.99. The van der Waals surface area contributed by atoms with Gasteiger partial charge in [-0.3, -0.25) is 0 Å². The number of nitrogens with one attached hydrogen (secondary N) is 1. The fourth-order valence-electron chi connectivity index (χ4n) is 1.99. The molecular weight excluding hydrogens is 233 g/mol. The van der Waals surface area contributed by atoms with Gasteiger partial charge in [-0.25, -0.2) is 4.39 Å². The third-order valence-electron chi connectivity index (χ3n) is 3.61. The van der Waals surface area contributed by atoms with E-state index in [0.29, 0.717) is 18.7 Å². The van der Waals surface area contributed by atoms with Crippen LogP contribution in [-0.2, 0) is 6.54 Å². The highest BCUT2D eigenvalue weighted by Crippen LogP contribution is 2.24. The Morgan fingerprint density at radius 3 is 2.39 bits per heavy atom. The van der Waals surface area contributed by atoms with Crippen LogP contribution in [0.4, 0.5) is 4.39 Å². The van der Waals surface area contributed by atoms with E-state index < -0.39 is 5.82 Å². The Morgan fingerprint density at radius 2 is 1.89 bits per heavy atom. The molecule has 0 aliphatic carbocycles. The molecule has 0 saturated carbocycles. The number of aliphatic hydroxyl groups is 1. The second-order valence-electron chi connectivity index (χ2n) is 4.79. The molecule has 0 unspecified atom stereocenters. The molecule has 0 spiro atoms. The Bertz CT molecular complexity index is 350. The highest BCUT2D eigenvalue weighted by molar-refractivity contribution is 5.28. The molecule has 102 valence electrons. The van der Waals surface area contributed by atoms with Crippen molar-refractivity contribution in [2.24, 2.45) is 5.41 Å². The summed E-state index contributed by atoms with van der Waals surface area (Å²) in [4.78, 5) is 0. The Kier molecular flexibility index (Phi) is 5.56. The van der Waals surface area contributed by atoms with Gasteiger partial charge in [0.2, 0.25) is 0 Å². The lowest BCUT2D eigenvalue weighted by molar-refractivity contribution is 0.113. The van der Waals surface area contributed by atoms with Crippen LogP contribution in [-0.4, -0.2) is 23.4 Å². The van der Waals surface area contributed by atoms with Crippen LogP contribution < -0.4 is 5.32 Å². The second-order valence-corrected chi connectivity index (χ2v) is 4.79. The van der Waals surface area contributed by atoms with Gasteiger partial charge in [-0.15, -0.1) is 0 Å². The fraction of sp³-hybridized carbons (Fsp3) is 0.571. The Labute approximate surface area is 108 Å². The van der Waals surface area contributed by atoms with E-state index in [0.717, 1.165) is 18.9 Å². The van der Waals surface area contributed by atoms with Crippen molar-refractivity contribution in [1.82, 2.24) is 5.32 Å². The van der Waals surface area contributed by atoms with Gasteiger partial charge in [0.15, 0.2) is 0 Å². The van der Waals surface area contributed by atoms with Gasteiger partial charge in [0.25, 0.3) is 0 Å². The summed E-state index contributed by atoms with van der Waals surface area (Å²) in [5, 5.41) is 21.9. The Hall–Kier alpha value is -1.13. The Morgan fingerprint density at radius 1 is 1.22 bits per heavy atom. The van der Waals surface area contributed by atoms with Crippen LogP contribution in [0.1, 0.15) is 32.3 Å². The first-order valence-corrected chi connectivity index (χ1v) is 6.35. The molecule has 0 aliphatic heterocycles. The van der Waals surface area contributed by atoms with Crippen molar-refractivity contribution in [3.63, 3.8) is 0 Å². The van der Waals surface area contributed by atoms with Gasteiger partial charge < -0.3 is 15.5 Å². The summed E-state index contributed by atoms with van der Waals surface area (Å²) in [5.74, 6) is -0.502. The summed E-state index contributed by atoms with van der Waals surface area (Å²) in [6.45, 7) is 5.40. The topological polar surface area (TPSA) is 52.5 Å². The SMILES string of the molecule is CCC(CC)(CO)CNCc1cc(O)cc(F)c1. The maximum Gasteiger partial charge on any atom is 0.127 e. The van der Waals surface area contributed by atoms with Crippen LogP contribution >= 0.6 is 0 Å². The minimum absolute atomic E-state index is 0.0637. The average molecular weight is 255 g/mol. The molecule has 0 aliphatic rings. The van der Waals surface area contributed by atoms with Gasteiger partial charge in [0.05, 0.1) is 0 Å². The number of aromatic hydroxyl groups is 1. The van der Waals surface area contributed by atoms with Gasteiger partial charge in [-0.1, -0.05) is 13.8 Å². The number of aliphatic hydroxyl groups excluding tert-OH is 1. The molecule has 0 heterocycles. The minimum Gasteiger partial charge on any atom is -0.508 e. The standard InChI is InChI=1S/C14H22FNO2/c1-3-14(4-2,10-17)9-16-8-11-5-12(15)7-13(18)6-11/h5-7,16-18H,3-4,8-10H2,1-2H3. The largest absolute Gasteiger partial charge is 0.508 e. The molecule has 0 aromatic heterocycles. The maximum atomic E-state index is 13.1. The van der Waals surface area contributed by atoms with Crippen LogP contribution in [0.5, 0.6) is 5.75 Å². The van der Waals surface area contributed by atoms with Gasteiger partial charge in [-0.2, -0.15) is 0 Å². The van der Waals surface area contributed by atoms with E-state index in [1.165, 1.54) is 12.1 Å². The van der Waals surface area contributed by atoms with Crippen molar-refractivity contribution < 1.29 is 14.6 Å². The number of halogens is 1. The lowest BCUT2D eigenvalue weighted by atomic mass is 9.83. The molecule has 0 saturated heterocycles. The van der Waals surface area contributed by atoms with E-state index in [9.17, 15) is 14.6 Å². The molecular formula is C14H22FNO2. The zero-order valence-electron chi connectivity index (χ0n) is 11.0. The summed E-state index contributed by atoms with van der Waals surface area (Å²) in [5.41, 5.74) is 0.585. The van der Waals surface area contributed by atoms with E-state index in [2.05, 4.69) is 19.2 Å². The number of phenolic OH excluding ortho intramolecular Hbond substituents is 1. The summed E-state index contributed by atoms with van der Waals surface area (Å²) in [6, 6.07) is 4.01. The smallest absolute Gasteiger partial charge is 0.127 e. The van der Waals surface area contributed by atoms with Crippen molar-refractivity contribution in [3.05, 3.63) is 29.6 Å². The first kappa shape index (κ1) is 14.9. The third kappa shape index (κ3) is 3.96. The summed E-state index contributed by atoms with van der Waals surface area (Å²) in [7, 11) is 0. The number of benzene rings is 1. The molecule has 1 aromatic carbocycles. The average Bonchev–Trinajstić information content (AvgIpc) is 2.34. The number of hydrogen-bond donors (Lipinski definition) is 3. The molecule has 0 fully saturated rings. The summed E-state index contributed by atoms with van der Waals surface area (Å²) >= 11 is 0. The molecule has 0 atom stereocenters. The molecule has 1 aromatic rings. The minimum atomic E-state index is -0.439. The number of hydrogen-bond acceptors (Lipinski definition) is 3. The molecule has 4 heteroatoms. The quantitative estimate of drug-likeness (QED) is 0.701. The molecule has 18 heavy (non-hydrogen) atoms. The van der Waals surface area contributed by atoms with Gasteiger partial charge in [-0.05, 0) is 30.5 Å². The van der Waals surface area contributed by atoms with Crippen LogP contribution in [0.2, 0.25) is 0 Å². The predicted octanol–water partition coefficient (Wildman–Crippen LogP) is 2.42. The van der Waals surface area contributed by atoms with E-state index in [1.807, 2.05) is 0 Å². The van der Waals surface area contributed by atoms with Gasteiger partial charge in [0.1, 0.15) is 11.6 Å². The van der Waals surface area contributed by atoms with Crippen molar-refractivity contribution in [2.45, 2.75) is 33.2 Å². The summed E-state index contributed by atoms with van der Waals surface area (Å²) in [6.07, 6.45) is 1.78. The van der Waals surface area contributed by atoms with E-state index in [-0.39, 0.29) is 17.8 Å². The lowest BCUT2D eigenvalue weighted by Crippen LogP contribution is -2.36. The van der Waals surface area contributed by atoms with Crippen LogP contribution in [0.15, 0.2) is 18.2 Å². The van der Waals surface area contributed by atoms with Crippen LogP contribution in [0.3, 0.4) is 0 Å². The molecule has 0 radical (unpaired) electrons. The van der Waals surface area contributed by atoms with E-state index in [4.69, 9.17) is 0 Å². The molecule has 0 amide bonds. The lowest BCUT2D eigenvalue weighted by Gasteiger charge is -2.29. The highest BCUT2D eigenvalue weighted by Gasteiger charge is 2.24. The molecule has 3 N–H and O–H groups in total.